The highest BCUT2D eigenvalue weighted by Crippen LogP contribution is 2.29. The Morgan fingerprint density at radius 1 is 0.351 bits per heavy atom. The molecule has 0 saturated heterocycles. The third kappa shape index (κ3) is 44.0. The van der Waals surface area contributed by atoms with Gasteiger partial charge < -0.3 is 75.1 Å². The maximum atomic E-state index is 12.9. The van der Waals surface area contributed by atoms with E-state index in [4.69, 9.17) is 0 Å². The second-order valence-electron chi connectivity index (χ2n) is 30.2. The molecule has 0 spiro atoms. The zero-order chi connectivity index (χ0) is 68.1. The van der Waals surface area contributed by atoms with Crippen LogP contribution in [0.15, 0.2) is 23.3 Å². The van der Waals surface area contributed by atoms with E-state index >= 15 is 0 Å². The van der Waals surface area contributed by atoms with Crippen molar-refractivity contribution in [3.63, 3.8) is 0 Å². The molecule has 0 aromatic carbocycles. The summed E-state index contributed by atoms with van der Waals surface area (Å²) in [5, 5.41) is 65.9. The molecule has 0 fully saturated rings. The van der Waals surface area contributed by atoms with Crippen LogP contribution in [0.5, 0.6) is 0 Å². The molecular formula is C80H158Cl2N4O8. The molecule has 0 aliphatic heterocycles. The molecule has 0 aromatic rings. The molecule has 2 amide bonds. The maximum Gasteiger partial charge on any atom is 0.247 e. The molecule has 14 heteroatoms. The predicted molar refractivity (Wildman–Crippen MR) is 392 cm³/mol. The van der Waals surface area contributed by atoms with E-state index in [1.54, 1.807) is 0 Å². The molecule has 0 heterocycles. The number of hydrogen-bond acceptors (Lipinski definition) is 8. The SMILES string of the molecule is CCCCCCCCCCCCC(C)[N+](C)(CCNC(=O)C1=C[C@@H](O)[C@@H](O)[C@H](O)C1)C(C)CCCCCCCCCCCC.CCCCCCCCCCCCCCC(C)[N+](C)(CCNC(=O)C1=C[C@@H](O)[C@@H](O)[C@H](O)C1)C(C)CCCCCCCCCCCCCC.[Cl-].[Cl-]. The van der Waals surface area contributed by atoms with Crippen LogP contribution in [0.3, 0.4) is 0 Å². The van der Waals surface area contributed by atoms with Crippen LogP contribution < -0.4 is 35.4 Å². The van der Waals surface area contributed by atoms with Gasteiger partial charge in [-0.3, -0.25) is 9.59 Å². The van der Waals surface area contributed by atoms with E-state index in [0.29, 0.717) is 48.4 Å². The van der Waals surface area contributed by atoms with Crippen molar-refractivity contribution in [1.29, 1.82) is 0 Å². The van der Waals surface area contributed by atoms with E-state index in [0.717, 1.165) is 22.1 Å². The second-order valence-corrected chi connectivity index (χ2v) is 30.2. The Hall–Kier alpha value is -1.32. The van der Waals surface area contributed by atoms with Crippen LogP contribution in [-0.2, 0) is 9.59 Å². The smallest absolute Gasteiger partial charge is 0.247 e. The van der Waals surface area contributed by atoms with E-state index in [1.165, 1.54) is 320 Å². The molecule has 8 N–H and O–H groups in total. The number of aliphatic hydroxyl groups excluding tert-OH is 6. The summed E-state index contributed by atoms with van der Waals surface area (Å²) in [6.45, 7) is 21.6. The van der Waals surface area contributed by atoms with E-state index in [9.17, 15) is 40.2 Å². The summed E-state index contributed by atoms with van der Waals surface area (Å²) in [5.74, 6) is -0.486. The lowest BCUT2D eigenvalue weighted by Crippen LogP contribution is -3.00. The Balaban J connectivity index is 0. The summed E-state index contributed by atoms with van der Waals surface area (Å²) in [5.41, 5.74) is 0.727. The minimum Gasteiger partial charge on any atom is -1.00 e. The monoisotopic (exact) mass is 1370 g/mol. The van der Waals surface area contributed by atoms with Crippen molar-refractivity contribution in [2.45, 2.75) is 437 Å². The molecule has 2 aliphatic rings. The third-order valence-corrected chi connectivity index (χ3v) is 22.4. The summed E-state index contributed by atoms with van der Waals surface area (Å²) >= 11 is 0. The molecule has 2 rings (SSSR count). The number of hydrogen-bond donors (Lipinski definition) is 8. The Kier molecular flexibility index (Phi) is 62.0. The van der Waals surface area contributed by atoms with Gasteiger partial charge in [0.25, 0.3) is 0 Å². The largest absolute Gasteiger partial charge is 1.00 e. The van der Waals surface area contributed by atoms with Crippen LogP contribution in [0.1, 0.15) is 376 Å². The fourth-order valence-corrected chi connectivity index (χ4v) is 14.6. The van der Waals surface area contributed by atoms with Crippen molar-refractivity contribution in [2.24, 2.45) is 0 Å². The number of nitrogens with one attached hydrogen (secondary N) is 2. The van der Waals surface area contributed by atoms with Crippen LogP contribution >= 0.6 is 0 Å². The average Bonchev–Trinajstić information content (AvgIpc) is 0.857. The minimum absolute atomic E-state index is 0. The highest BCUT2D eigenvalue weighted by molar-refractivity contribution is 5.94. The second kappa shape index (κ2) is 61.5. The molecule has 0 aromatic heterocycles. The van der Waals surface area contributed by atoms with Crippen molar-refractivity contribution < 1.29 is 74.0 Å². The van der Waals surface area contributed by atoms with Crippen LogP contribution in [0.25, 0.3) is 0 Å². The van der Waals surface area contributed by atoms with Crippen LogP contribution in [0, 0.1) is 0 Å². The molecule has 0 bridgehead atoms. The topological polar surface area (TPSA) is 180 Å². The Bertz CT molecular complexity index is 1750. The zero-order valence-electron chi connectivity index (χ0n) is 63.3. The van der Waals surface area contributed by atoms with Crippen molar-refractivity contribution in [3.05, 3.63) is 23.3 Å². The van der Waals surface area contributed by atoms with E-state index in [2.05, 4.69) is 80.1 Å². The number of halogens is 2. The lowest BCUT2D eigenvalue weighted by Gasteiger charge is -2.45. The first kappa shape index (κ1) is 94.7. The first-order valence-corrected chi connectivity index (χ1v) is 40.1. The molecular weight excluding hydrogens is 1220 g/mol. The fraction of sp³-hybridized carbons (Fsp3) is 0.925. The van der Waals surface area contributed by atoms with Gasteiger partial charge >= 0.3 is 0 Å². The zero-order valence-corrected chi connectivity index (χ0v) is 64.8. The molecule has 0 radical (unpaired) electrons. The summed E-state index contributed by atoms with van der Waals surface area (Å²) < 4.78 is 1.91. The normalized spacial score (nSPS) is 20.6. The summed E-state index contributed by atoms with van der Waals surface area (Å²) in [4.78, 5) is 25.8. The van der Waals surface area contributed by atoms with Gasteiger partial charge in [0.1, 0.15) is 24.4 Å². The number of unbranched alkanes of at least 4 members (excludes halogenated alkanes) is 40. The quantitative estimate of drug-likeness (QED) is 0.0219. The van der Waals surface area contributed by atoms with Gasteiger partial charge in [-0.2, -0.15) is 0 Å². The number of rotatable bonds is 60. The van der Waals surface area contributed by atoms with Gasteiger partial charge in [0.05, 0.1) is 76.6 Å². The van der Waals surface area contributed by atoms with Crippen LogP contribution in [0.2, 0.25) is 0 Å². The van der Waals surface area contributed by atoms with Gasteiger partial charge in [0.15, 0.2) is 0 Å². The molecule has 12 nitrogen and oxygen atoms in total. The number of likely N-dealkylation sites (N-methyl/N-ethyl adjacent to an activating group) is 2. The first-order valence-electron chi connectivity index (χ1n) is 40.1. The Labute approximate surface area is 594 Å². The molecule has 4 unspecified atom stereocenters. The van der Waals surface area contributed by atoms with Crippen molar-refractivity contribution in [2.75, 3.05) is 40.3 Å². The summed E-state index contributed by atoms with van der Waals surface area (Å²) in [7, 11) is 4.78. The van der Waals surface area contributed by atoms with Gasteiger partial charge in [-0.1, -0.05) is 285 Å². The Morgan fingerprint density at radius 3 is 0.713 bits per heavy atom. The lowest BCUT2D eigenvalue weighted by molar-refractivity contribution is -0.952. The number of carbonyl (C=O) groups is 2. The van der Waals surface area contributed by atoms with Crippen LogP contribution in [-0.4, -0.2) is 152 Å². The van der Waals surface area contributed by atoms with Crippen molar-refractivity contribution in [3.8, 4) is 0 Å². The highest BCUT2D eigenvalue weighted by Gasteiger charge is 2.37. The number of quaternary nitrogens is 2. The van der Waals surface area contributed by atoms with E-state index < -0.39 is 36.6 Å². The number of amides is 2. The van der Waals surface area contributed by atoms with Gasteiger partial charge in [0, 0.05) is 24.0 Å². The Morgan fingerprint density at radius 2 is 0.532 bits per heavy atom. The van der Waals surface area contributed by atoms with E-state index in [-0.39, 0.29) is 49.5 Å². The third-order valence-electron chi connectivity index (χ3n) is 22.4. The summed E-state index contributed by atoms with van der Waals surface area (Å²) in [6.07, 6.45) is 60.7. The average molecular weight is 1380 g/mol. The highest BCUT2D eigenvalue weighted by atomic mass is 35.5. The van der Waals surface area contributed by atoms with Gasteiger partial charge in [0.2, 0.25) is 11.8 Å². The fourth-order valence-electron chi connectivity index (χ4n) is 14.6. The number of carbonyl (C=O) groups excluding carboxylic acids is 2. The molecule has 94 heavy (non-hydrogen) atoms. The standard InChI is InChI=1S/C42H82N2O4.C38H74N2O4.2ClH/c1-6-8-10-12-14-16-18-20-22-24-26-28-30-36(3)44(5,33-32-43-42(48)38-34-39(45)41(47)40(46)35-38)37(4)31-29-27-25-23-21-19-17-15-13-11-9-7-2;1-6-8-10-12-14-16-18-20-22-24-26-32(3)40(5,33(4)27-25-23-21-19-17-15-13-11-9-7-2)29-28-39-38(44)34-30-35(41)37(43)36(42)31-34;;/h34,36-37,39-41,45-47H,6-33,35H2,1-5H3;30,32-33,35-37,41-43H,6-29,31H2,1-5H3;2*1H/t36?,37?,39-,40-,41-,44?;32?,33?,35-,36-,37-,40?;;/m11../s1. The molecule has 2 aliphatic carbocycles. The van der Waals surface area contributed by atoms with Gasteiger partial charge in [-0.15, -0.1) is 0 Å². The first-order chi connectivity index (χ1) is 44.3. The minimum atomic E-state index is -1.23. The maximum absolute atomic E-state index is 12.9. The van der Waals surface area contributed by atoms with E-state index in [1.807, 2.05) is 0 Å². The number of nitrogens with zero attached hydrogens (tertiary/aromatic N) is 2. The number of aliphatic hydroxyl groups is 6. The molecule has 560 valence electrons. The van der Waals surface area contributed by atoms with Crippen molar-refractivity contribution in [1.82, 2.24) is 10.6 Å². The lowest BCUT2D eigenvalue weighted by atomic mass is 9.92. The molecule has 10 atom stereocenters. The van der Waals surface area contributed by atoms with Gasteiger partial charge in [-0.25, -0.2) is 0 Å². The predicted octanol–water partition coefficient (Wildman–Crippen LogP) is 12.3. The van der Waals surface area contributed by atoms with Gasteiger partial charge in [-0.05, 0) is 91.2 Å². The van der Waals surface area contributed by atoms with Crippen LogP contribution in [0.4, 0.5) is 0 Å². The van der Waals surface area contributed by atoms with Crippen molar-refractivity contribution >= 4 is 11.8 Å². The molecule has 0 saturated carbocycles. The summed E-state index contributed by atoms with van der Waals surface area (Å²) in [6, 6.07) is 2.08.